The van der Waals surface area contributed by atoms with Gasteiger partial charge < -0.3 is 9.63 Å². The van der Waals surface area contributed by atoms with Crippen LogP contribution in [0.4, 0.5) is 0 Å². The fourth-order valence-electron chi connectivity index (χ4n) is 4.34. The van der Waals surface area contributed by atoms with E-state index in [1.807, 2.05) is 36.6 Å². The molecular weight excluding hydrogens is 400 g/mol. The van der Waals surface area contributed by atoms with Crippen LogP contribution in [0, 0.1) is 13.8 Å². The van der Waals surface area contributed by atoms with Gasteiger partial charge in [0, 0.05) is 17.3 Å². The summed E-state index contributed by atoms with van der Waals surface area (Å²) in [5.74, 6) is 1.77. The van der Waals surface area contributed by atoms with E-state index < -0.39 is 5.60 Å². The fourth-order valence-corrected chi connectivity index (χ4v) is 4.34. The molecule has 30 heavy (non-hydrogen) atoms. The van der Waals surface area contributed by atoms with E-state index in [0.717, 1.165) is 46.8 Å². The molecule has 0 bridgehead atoms. The molecule has 0 saturated heterocycles. The van der Waals surface area contributed by atoms with Crippen molar-refractivity contribution in [1.29, 1.82) is 0 Å². The number of pyridine rings is 1. The maximum absolute atomic E-state index is 10.5. The van der Waals surface area contributed by atoms with Crippen molar-refractivity contribution in [2.75, 3.05) is 0 Å². The number of rotatable bonds is 4. The highest BCUT2D eigenvalue weighted by Gasteiger charge is 2.50. The highest BCUT2D eigenvalue weighted by molar-refractivity contribution is 5.85. The van der Waals surface area contributed by atoms with Crippen LogP contribution in [-0.4, -0.2) is 24.9 Å². The molecule has 1 aliphatic carbocycles. The highest BCUT2D eigenvalue weighted by Crippen LogP contribution is 2.53. The average Bonchev–Trinajstić information content (AvgIpc) is 3.26. The highest BCUT2D eigenvalue weighted by atomic mass is 35.5. The molecule has 3 aromatic heterocycles. The quantitative estimate of drug-likeness (QED) is 0.512. The van der Waals surface area contributed by atoms with Gasteiger partial charge in [-0.2, -0.15) is 0 Å². The van der Waals surface area contributed by atoms with Crippen molar-refractivity contribution in [1.82, 2.24) is 19.8 Å². The van der Waals surface area contributed by atoms with E-state index in [1.165, 1.54) is 5.56 Å². The maximum atomic E-state index is 10.5. The molecule has 0 amide bonds. The molecule has 1 N–H and O–H groups in total. The number of hydrogen-bond donors (Lipinski definition) is 1. The van der Waals surface area contributed by atoms with Gasteiger partial charge in [0.15, 0.2) is 5.65 Å². The molecule has 1 saturated carbocycles. The minimum Gasteiger partial charge on any atom is -0.386 e. The summed E-state index contributed by atoms with van der Waals surface area (Å²) in [6.45, 7) is 7.45. The largest absolute Gasteiger partial charge is 0.386 e. The fraction of sp³-hybridized carbons (Fsp3) is 0.348. The predicted molar refractivity (Wildman–Crippen MR) is 117 cm³/mol. The number of aromatic nitrogens is 4. The molecule has 4 aromatic rings. The first-order valence-electron chi connectivity index (χ1n) is 9.92. The molecule has 3 heterocycles. The number of fused-ring (bicyclic) bond motifs is 1. The van der Waals surface area contributed by atoms with Gasteiger partial charge in [0.25, 0.3) is 0 Å². The Morgan fingerprint density at radius 1 is 1.07 bits per heavy atom. The van der Waals surface area contributed by atoms with E-state index in [-0.39, 0.29) is 17.8 Å². The molecule has 0 unspecified atom stereocenters. The summed E-state index contributed by atoms with van der Waals surface area (Å²) in [4.78, 5) is 0. The molecule has 7 heteroatoms. The third kappa shape index (κ3) is 3.02. The van der Waals surface area contributed by atoms with Gasteiger partial charge >= 0.3 is 0 Å². The molecule has 0 radical (unpaired) electrons. The first-order chi connectivity index (χ1) is 13.8. The number of nitrogens with zero attached hydrogens (tertiary/aromatic N) is 4. The van der Waals surface area contributed by atoms with Gasteiger partial charge in [-0.3, -0.25) is 4.40 Å². The number of hydrogen-bond acceptors (Lipinski definition) is 5. The number of halogens is 1. The predicted octanol–water partition coefficient (Wildman–Crippen LogP) is 4.73. The molecule has 1 aliphatic rings. The number of aliphatic hydroxyl groups is 1. The van der Waals surface area contributed by atoms with Crippen molar-refractivity contribution in [3.05, 3.63) is 71.0 Å². The van der Waals surface area contributed by atoms with Gasteiger partial charge in [0.1, 0.15) is 11.6 Å². The van der Waals surface area contributed by atoms with Crippen molar-refractivity contribution in [2.45, 2.75) is 51.6 Å². The Hall–Kier alpha value is -2.70. The molecule has 156 valence electrons. The first-order valence-corrected chi connectivity index (χ1v) is 9.92. The van der Waals surface area contributed by atoms with Crippen LogP contribution in [0.5, 0.6) is 0 Å². The first kappa shape index (κ1) is 20.6. The molecule has 0 atom stereocenters. The van der Waals surface area contributed by atoms with Crippen LogP contribution in [0.1, 0.15) is 55.1 Å². The zero-order valence-corrected chi connectivity index (χ0v) is 18.3. The van der Waals surface area contributed by atoms with Gasteiger partial charge in [-0.05, 0) is 57.7 Å². The van der Waals surface area contributed by atoms with Gasteiger partial charge in [0.2, 0.25) is 0 Å². The summed E-state index contributed by atoms with van der Waals surface area (Å²) < 4.78 is 7.34. The Kier molecular flexibility index (Phi) is 4.75. The molecule has 1 aromatic carbocycles. The van der Waals surface area contributed by atoms with Gasteiger partial charge in [-0.15, -0.1) is 22.6 Å². The third-order valence-electron chi connectivity index (χ3n) is 6.03. The minimum atomic E-state index is -0.973. The topological polar surface area (TPSA) is 76.5 Å². The number of benzene rings is 1. The SMILES string of the molecule is Cc1noc(C)c1-c1ccc(C2(c3nnc4c(C(C)(C)O)cccn34)CC2)cc1.Cl. The summed E-state index contributed by atoms with van der Waals surface area (Å²) in [7, 11) is 0. The average molecular weight is 425 g/mol. The van der Waals surface area contributed by atoms with E-state index in [0.29, 0.717) is 5.65 Å². The molecule has 6 nitrogen and oxygen atoms in total. The van der Waals surface area contributed by atoms with Crippen molar-refractivity contribution < 1.29 is 9.63 Å². The standard InChI is InChI=1S/C23H24N4O2.ClH/c1-14-19(15(2)29-26-14)16-7-9-17(10-8-16)23(11-12-23)21-25-24-20-18(22(3,4)28)6-5-13-27(20)21;/h5-10,13,28H,11-12H2,1-4H3;1H. The van der Waals surface area contributed by atoms with E-state index in [9.17, 15) is 5.11 Å². The Labute approximate surface area is 181 Å². The van der Waals surface area contributed by atoms with Crippen LogP contribution in [0.25, 0.3) is 16.8 Å². The second-order valence-electron chi connectivity index (χ2n) is 8.56. The molecule has 0 aliphatic heterocycles. The van der Waals surface area contributed by atoms with Crippen LogP contribution in [0.3, 0.4) is 0 Å². The summed E-state index contributed by atoms with van der Waals surface area (Å²) in [5.41, 5.74) is 4.70. The Morgan fingerprint density at radius 3 is 2.33 bits per heavy atom. The van der Waals surface area contributed by atoms with Crippen LogP contribution >= 0.6 is 12.4 Å². The van der Waals surface area contributed by atoms with E-state index in [4.69, 9.17) is 4.52 Å². The van der Waals surface area contributed by atoms with Crippen molar-refractivity contribution in [3.8, 4) is 11.1 Å². The van der Waals surface area contributed by atoms with E-state index in [2.05, 4.69) is 39.6 Å². The lowest BCUT2D eigenvalue weighted by Crippen LogP contribution is -2.18. The summed E-state index contributed by atoms with van der Waals surface area (Å²) in [6, 6.07) is 12.5. The normalized spacial score (nSPS) is 15.2. The van der Waals surface area contributed by atoms with E-state index >= 15 is 0 Å². The lowest BCUT2D eigenvalue weighted by molar-refractivity contribution is 0.0796. The van der Waals surface area contributed by atoms with Crippen molar-refractivity contribution in [2.24, 2.45) is 0 Å². The zero-order valence-electron chi connectivity index (χ0n) is 17.5. The lowest BCUT2D eigenvalue weighted by atomic mass is 9.92. The van der Waals surface area contributed by atoms with Crippen LogP contribution in [-0.2, 0) is 11.0 Å². The Bertz CT molecular complexity index is 1190. The minimum absolute atomic E-state index is 0. The van der Waals surface area contributed by atoms with Crippen molar-refractivity contribution >= 4 is 18.1 Å². The van der Waals surface area contributed by atoms with Crippen LogP contribution < -0.4 is 0 Å². The Morgan fingerprint density at radius 2 is 1.77 bits per heavy atom. The molecule has 0 spiro atoms. The van der Waals surface area contributed by atoms with Crippen molar-refractivity contribution in [3.63, 3.8) is 0 Å². The maximum Gasteiger partial charge on any atom is 0.166 e. The van der Waals surface area contributed by atoms with Crippen LogP contribution in [0.2, 0.25) is 0 Å². The number of aryl methyl sites for hydroxylation is 2. The van der Waals surface area contributed by atoms with Gasteiger partial charge in [0.05, 0.1) is 16.7 Å². The lowest BCUT2D eigenvalue weighted by Gasteiger charge is -2.19. The van der Waals surface area contributed by atoms with E-state index in [1.54, 1.807) is 13.8 Å². The molecule has 1 fully saturated rings. The van der Waals surface area contributed by atoms with Crippen LogP contribution in [0.15, 0.2) is 47.1 Å². The summed E-state index contributed by atoms with van der Waals surface area (Å²) in [5, 5.41) is 23.6. The van der Waals surface area contributed by atoms with Gasteiger partial charge in [-0.1, -0.05) is 35.5 Å². The molecule has 5 rings (SSSR count). The monoisotopic (exact) mass is 424 g/mol. The molecular formula is C23H25ClN4O2. The third-order valence-corrected chi connectivity index (χ3v) is 6.03. The smallest absolute Gasteiger partial charge is 0.166 e. The second kappa shape index (κ2) is 6.93. The van der Waals surface area contributed by atoms with Gasteiger partial charge in [-0.25, -0.2) is 0 Å². The zero-order chi connectivity index (χ0) is 20.4. The summed E-state index contributed by atoms with van der Waals surface area (Å²) >= 11 is 0. The Balaban J connectivity index is 0.00000218. The summed E-state index contributed by atoms with van der Waals surface area (Å²) in [6.07, 6.45) is 4.05. The second-order valence-corrected chi connectivity index (χ2v) is 8.56.